The summed E-state index contributed by atoms with van der Waals surface area (Å²) >= 11 is 0. The number of hydrogen-bond donors (Lipinski definition) is 2. The van der Waals surface area contributed by atoms with E-state index in [9.17, 15) is 5.11 Å². The van der Waals surface area contributed by atoms with Gasteiger partial charge in [0.2, 0.25) is 0 Å². The number of nitriles is 1. The Morgan fingerprint density at radius 2 is 2.19 bits per heavy atom. The van der Waals surface area contributed by atoms with Gasteiger partial charge in [-0.2, -0.15) is 5.26 Å². The predicted octanol–water partition coefficient (Wildman–Crippen LogP) is 0.551. The maximum absolute atomic E-state index is 9.76. The molecule has 21 heavy (non-hydrogen) atoms. The molecule has 1 atom stereocenters. The third-order valence-electron chi connectivity index (χ3n) is 2.64. The topological polar surface area (TPSA) is 83.7 Å². The van der Waals surface area contributed by atoms with Gasteiger partial charge in [-0.05, 0) is 18.2 Å². The minimum absolute atomic E-state index is 0.173. The van der Waals surface area contributed by atoms with E-state index in [-0.39, 0.29) is 6.61 Å². The number of aliphatic hydroxyl groups excluding tert-OH is 1. The summed E-state index contributed by atoms with van der Waals surface area (Å²) in [6.45, 7) is 2.97. The highest BCUT2D eigenvalue weighted by molar-refractivity contribution is 5.36. The lowest BCUT2D eigenvalue weighted by molar-refractivity contribution is 0.0679. The van der Waals surface area contributed by atoms with Crippen molar-refractivity contribution in [3.8, 4) is 11.8 Å². The van der Waals surface area contributed by atoms with Crippen LogP contribution >= 0.6 is 0 Å². The Bertz CT molecular complexity index is 434. The first-order valence-electron chi connectivity index (χ1n) is 6.84. The Morgan fingerprint density at radius 3 is 2.95 bits per heavy atom. The van der Waals surface area contributed by atoms with E-state index in [1.807, 2.05) is 6.07 Å². The molecule has 0 radical (unpaired) electrons. The van der Waals surface area contributed by atoms with Gasteiger partial charge in [0.05, 0.1) is 31.5 Å². The molecule has 0 aromatic heterocycles. The zero-order chi connectivity index (χ0) is 15.3. The molecule has 0 heterocycles. The van der Waals surface area contributed by atoms with Crippen LogP contribution < -0.4 is 10.1 Å². The molecule has 0 aliphatic carbocycles. The molecule has 0 aliphatic heterocycles. The van der Waals surface area contributed by atoms with Crippen molar-refractivity contribution in [2.45, 2.75) is 6.10 Å². The molecular formula is C15H22N2O4. The van der Waals surface area contributed by atoms with Gasteiger partial charge in [0, 0.05) is 20.2 Å². The number of ether oxygens (including phenoxy) is 3. The molecule has 6 nitrogen and oxygen atoms in total. The molecule has 0 saturated heterocycles. The number of nitrogens with one attached hydrogen (secondary N) is 1. The van der Waals surface area contributed by atoms with Crippen molar-refractivity contribution in [3.63, 3.8) is 0 Å². The van der Waals surface area contributed by atoms with Crippen LogP contribution in [-0.2, 0) is 9.47 Å². The summed E-state index contributed by atoms with van der Waals surface area (Å²) in [7, 11) is 1.63. The largest absolute Gasteiger partial charge is 0.491 e. The Hall–Kier alpha value is -1.65. The van der Waals surface area contributed by atoms with Crippen LogP contribution in [0.5, 0.6) is 5.75 Å². The zero-order valence-electron chi connectivity index (χ0n) is 12.2. The van der Waals surface area contributed by atoms with Gasteiger partial charge >= 0.3 is 0 Å². The molecule has 0 fully saturated rings. The average molecular weight is 294 g/mol. The molecule has 1 aromatic carbocycles. The smallest absolute Gasteiger partial charge is 0.120 e. The first-order valence-corrected chi connectivity index (χ1v) is 6.84. The Labute approximate surface area is 125 Å². The second kappa shape index (κ2) is 11.1. The van der Waals surface area contributed by atoms with Crippen molar-refractivity contribution in [2.75, 3.05) is 46.6 Å². The highest BCUT2D eigenvalue weighted by Crippen LogP contribution is 2.12. The molecule has 0 spiro atoms. The Balaban J connectivity index is 2.08. The molecule has 2 N–H and O–H groups in total. The molecule has 1 rings (SSSR count). The van der Waals surface area contributed by atoms with Crippen LogP contribution in [0.3, 0.4) is 0 Å². The molecule has 116 valence electrons. The van der Waals surface area contributed by atoms with Crippen molar-refractivity contribution in [1.29, 1.82) is 5.26 Å². The Morgan fingerprint density at radius 1 is 1.33 bits per heavy atom. The fourth-order valence-electron chi connectivity index (χ4n) is 1.56. The number of aliphatic hydroxyl groups is 1. The zero-order valence-corrected chi connectivity index (χ0v) is 12.2. The summed E-state index contributed by atoms with van der Waals surface area (Å²) in [6.07, 6.45) is -0.616. The maximum atomic E-state index is 9.76. The standard InChI is InChI=1S/C15H22N2O4/c1-19-7-8-20-6-5-17-11-14(18)12-21-15-4-2-3-13(9-15)10-16/h2-4,9,14,17-18H,5-8,11-12H2,1H3. The molecule has 1 unspecified atom stereocenters. The molecule has 0 saturated carbocycles. The minimum atomic E-state index is -0.616. The SMILES string of the molecule is COCCOCCNCC(O)COc1cccc(C#N)c1. The van der Waals surface area contributed by atoms with E-state index < -0.39 is 6.10 Å². The molecule has 0 aliphatic rings. The lowest BCUT2D eigenvalue weighted by Crippen LogP contribution is -2.33. The van der Waals surface area contributed by atoms with E-state index in [0.29, 0.717) is 44.2 Å². The van der Waals surface area contributed by atoms with Crippen LogP contribution in [0.25, 0.3) is 0 Å². The normalized spacial score (nSPS) is 11.9. The monoisotopic (exact) mass is 294 g/mol. The predicted molar refractivity (Wildman–Crippen MR) is 78.2 cm³/mol. The van der Waals surface area contributed by atoms with Gasteiger partial charge in [-0.1, -0.05) is 6.07 Å². The van der Waals surface area contributed by atoms with Crippen molar-refractivity contribution in [3.05, 3.63) is 29.8 Å². The number of methoxy groups -OCH3 is 1. The van der Waals surface area contributed by atoms with E-state index in [2.05, 4.69) is 5.32 Å². The molecule has 1 aromatic rings. The lowest BCUT2D eigenvalue weighted by Gasteiger charge is -2.13. The summed E-state index contributed by atoms with van der Waals surface area (Å²) in [5.41, 5.74) is 0.535. The van der Waals surface area contributed by atoms with Gasteiger partial charge in [-0.3, -0.25) is 0 Å². The van der Waals surface area contributed by atoms with E-state index >= 15 is 0 Å². The van der Waals surface area contributed by atoms with E-state index in [4.69, 9.17) is 19.5 Å². The van der Waals surface area contributed by atoms with Crippen molar-refractivity contribution in [1.82, 2.24) is 5.32 Å². The van der Waals surface area contributed by atoms with Gasteiger partial charge in [0.25, 0.3) is 0 Å². The van der Waals surface area contributed by atoms with Crippen molar-refractivity contribution < 1.29 is 19.3 Å². The van der Waals surface area contributed by atoms with Crippen LogP contribution in [0.15, 0.2) is 24.3 Å². The second-order valence-corrected chi connectivity index (χ2v) is 4.41. The highest BCUT2D eigenvalue weighted by Gasteiger charge is 2.05. The van der Waals surface area contributed by atoms with Gasteiger partial charge in [0.1, 0.15) is 18.5 Å². The fourth-order valence-corrected chi connectivity index (χ4v) is 1.56. The molecule has 0 bridgehead atoms. The van der Waals surface area contributed by atoms with Crippen LogP contribution in [-0.4, -0.2) is 57.8 Å². The minimum Gasteiger partial charge on any atom is -0.491 e. The van der Waals surface area contributed by atoms with Crippen LogP contribution in [0, 0.1) is 11.3 Å². The third-order valence-corrected chi connectivity index (χ3v) is 2.64. The van der Waals surface area contributed by atoms with Gasteiger partial charge in [-0.15, -0.1) is 0 Å². The van der Waals surface area contributed by atoms with Crippen LogP contribution in [0.4, 0.5) is 0 Å². The van der Waals surface area contributed by atoms with Crippen molar-refractivity contribution in [2.24, 2.45) is 0 Å². The molecular weight excluding hydrogens is 272 g/mol. The van der Waals surface area contributed by atoms with E-state index in [0.717, 1.165) is 0 Å². The number of hydrogen-bond acceptors (Lipinski definition) is 6. The van der Waals surface area contributed by atoms with E-state index in [1.54, 1.807) is 31.4 Å². The third kappa shape index (κ3) is 8.27. The number of nitrogens with zero attached hydrogens (tertiary/aromatic N) is 1. The van der Waals surface area contributed by atoms with Crippen LogP contribution in [0.2, 0.25) is 0 Å². The number of rotatable bonds is 11. The average Bonchev–Trinajstić information content (AvgIpc) is 2.52. The quantitative estimate of drug-likeness (QED) is 0.580. The maximum Gasteiger partial charge on any atom is 0.120 e. The summed E-state index contributed by atoms with van der Waals surface area (Å²) in [5, 5.41) is 21.6. The van der Waals surface area contributed by atoms with Crippen molar-refractivity contribution >= 4 is 0 Å². The summed E-state index contributed by atoms with van der Waals surface area (Å²) in [4.78, 5) is 0. The van der Waals surface area contributed by atoms with Gasteiger partial charge < -0.3 is 24.6 Å². The fraction of sp³-hybridized carbons (Fsp3) is 0.533. The van der Waals surface area contributed by atoms with Gasteiger partial charge in [-0.25, -0.2) is 0 Å². The lowest BCUT2D eigenvalue weighted by atomic mass is 10.2. The molecule has 6 heteroatoms. The summed E-state index contributed by atoms with van der Waals surface area (Å²) in [5.74, 6) is 0.580. The highest BCUT2D eigenvalue weighted by atomic mass is 16.5. The summed E-state index contributed by atoms with van der Waals surface area (Å²) in [6, 6.07) is 8.89. The first-order chi connectivity index (χ1) is 10.3. The first kappa shape index (κ1) is 17.4. The van der Waals surface area contributed by atoms with E-state index in [1.165, 1.54) is 0 Å². The Kier molecular flexibility index (Phi) is 9.16. The van der Waals surface area contributed by atoms with Crippen LogP contribution in [0.1, 0.15) is 5.56 Å². The van der Waals surface area contributed by atoms with Gasteiger partial charge in [0.15, 0.2) is 0 Å². The summed E-state index contributed by atoms with van der Waals surface area (Å²) < 4.78 is 15.6. The number of benzene rings is 1. The molecule has 0 amide bonds. The second-order valence-electron chi connectivity index (χ2n) is 4.41.